The summed E-state index contributed by atoms with van der Waals surface area (Å²) in [5.74, 6) is 0.0321. The number of amides is 1. The number of fused-ring (bicyclic) bond motifs is 1. The molecule has 2 aliphatic heterocycles. The molecule has 176 valence electrons. The summed E-state index contributed by atoms with van der Waals surface area (Å²) in [6.45, 7) is 2.69. The zero-order valence-electron chi connectivity index (χ0n) is 18.3. The normalized spacial score (nSPS) is 22.0. The van der Waals surface area contributed by atoms with Crippen LogP contribution < -0.4 is 0 Å². The van der Waals surface area contributed by atoms with E-state index in [9.17, 15) is 14.7 Å². The summed E-state index contributed by atoms with van der Waals surface area (Å²) in [6.07, 6.45) is 4.70. The predicted molar refractivity (Wildman–Crippen MR) is 117 cm³/mol. The van der Waals surface area contributed by atoms with E-state index in [4.69, 9.17) is 14.3 Å². The van der Waals surface area contributed by atoms with Gasteiger partial charge in [0.05, 0.1) is 20.3 Å². The van der Waals surface area contributed by atoms with Gasteiger partial charge in [0.2, 0.25) is 11.8 Å². The number of aliphatic hydroxyl groups is 1. The monoisotopic (exact) mass is 457 g/mol. The van der Waals surface area contributed by atoms with Crippen molar-refractivity contribution in [1.29, 1.82) is 0 Å². The van der Waals surface area contributed by atoms with Crippen LogP contribution in [0, 0.1) is 11.3 Å². The van der Waals surface area contributed by atoms with Crippen LogP contribution in [-0.2, 0) is 20.9 Å². The predicted octanol–water partition coefficient (Wildman–Crippen LogP) is 1.13. The number of hydrogen-bond donors (Lipinski definition) is 2. The van der Waals surface area contributed by atoms with E-state index in [0.717, 1.165) is 12.1 Å². The van der Waals surface area contributed by atoms with Crippen molar-refractivity contribution in [3.8, 4) is 0 Å². The third-order valence-corrected chi connectivity index (χ3v) is 5.98. The first kappa shape index (κ1) is 24.1. The molecule has 1 amide bonds. The van der Waals surface area contributed by atoms with Gasteiger partial charge in [-0.05, 0) is 17.6 Å². The number of aromatic nitrogens is 1. The second kappa shape index (κ2) is 10.9. The molecule has 2 N–H and O–H groups in total. The fourth-order valence-electron chi connectivity index (χ4n) is 4.41. The maximum absolute atomic E-state index is 12.7. The average Bonchev–Trinajstić information content (AvgIpc) is 3.51. The van der Waals surface area contributed by atoms with Crippen molar-refractivity contribution in [2.75, 3.05) is 39.9 Å². The topological polar surface area (TPSA) is 133 Å². The summed E-state index contributed by atoms with van der Waals surface area (Å²) in [6, 6.07) is 9.70. The Balaban J connectivity index is 0.000000968. The van der Waals surface area contributed by atoms with Gasteiger partial charge < -0.3 is 24.3 Å². The molecule has 0 radical (unpaired) electrons. The molecule has 2 saturated heterocycles. The van der Waals surface area contributed by atoms with Crippen LogP contribution >= 0.6 is 0 Å². The highest BCUT2D eigenvalue weighted by molar-refractivity contribution is 5.92. The highest BCUT2D eigenvalue weighted by Crippen LogP contribution is 2.42. The number of esters is 1. The van der Waals surface area contributed by atoms with Crippen LogP contribution in [0.4, 0.5) is 0 Å². The Morgan fingerprint density at radius 3 is 2.64 bits per heavy atom. The quantitative estimate of drug-likeness (QED) is 0.372. The zero-order chi connectivity index (χ0) is 23.8. The molecule has 10 nitrogen and oxygen atoms in total. The number of ether oxygens (including phenoxy) is 1. The van der Waals surface area contributed by atoms with Crippen molar-refractivity contribution in [3.05, 3.63) is 59.8 Å². The molecule has 33 heavy (non-hydrogen) atoms. The Morgan fingerprint density at radius 2 is 2.00 bits per heavy atom. The smallest absolute Gasteiger partial charge is 0.360 e. The van der Waals surface area contributed by atoms with E-state index in [1.54, 1.807) is 6.08 Å². The first-order valence-corrected chi connectivity index (χ1v) is 10.4. The molecule has 0 unspecified atom stereocenters. The first-order valence-electron chi connectivity index (χ1n) is 10.4. The molecule has 0 saturated carbocycles. The van der Waals surface area contributed by atoms with Crippen molar-refractivity contribution in [1.82, 2.24) is 14.8 Å². The lowest BCUT2D eigenvalue weighted by Crippen LogP contribution is -2.38. The van der Waals surface area contributed by atoms with Crippen LogP contribution in [0.25, 0.3) is 6.08 Å². The van der Waals surface area contributed by atoms with E-state index in [2.05, 4.69) is 14.6 Å². The lowest BCUT2D eigenvalue weighted by molar-refractivity contribution is -0.125. The number of nitrogens with zero attached hydrogens (tertiary/aromatic N) is 3. The Morgan fingerprint density at radius 1 is 1.27 bits per heavy atom. The second-order valence-electron chi connectivity index (χ2n) is 8.07. The molecule has 2 atom stereocenters. The lowest BCUT2D eigenvalue weighted by atomic mass is 9.82. The SMILES string of the molecule is COC(=O)c1coc(CN2C[C@H]3CN(C(=O)/C=C/c4ccccc4)C[C@@]3(CO)C2)n1.O=CO. The van der Waals surface area contributed by atoms with Gasteiger partial charge in [0, 0.05) is 37.7 Å². The van der Waals surface area contributed by atoms with E-state index in [1.165, 1.54) is 13.4 Å². The summed E-state index contributed by atoms with van der Waals surface area (Å²) < 4.78 is 10.0. The van der Waals surface area contributed by atoms with Crippen molar-refractivity contribution in [2.24, 2.45) is 11.3 Å². The molecule has 0 spiro atoms. The minimum Gasteiger partial charge on any atom is -0.483 e. The van der Waals surface area contributed by atoms with Gasteiger partial charge in [-0.15, -0.1) is 0 Å². The molecular formula is C23H27N3O7. The summed E-state index contributed by atoms with van der Waals surface area (Å²) in [7, 11) is 1.30. The number of methoxy groups -OCH3 is 1. The standard InChI is InChI=1S/C22H25N3O5.CH2O2/c1-29-21(28)18-12-30-19(23-18)11-24-9-17-10-25(14-22(17,13-24)15-26)20(27)8-7-16-5-3-2-4-6-16;2-1-3/h2-8,12,17,26H,9-11,13-15H2,1H3;1H,(H,2,3)/b8-7+;/t17-,22+;/m0./s1. The zero-order valence-corrected chi connectivity index (χ0v) is 18.3. The molecule has 1 aromatic carbocycles. The number of hydrogen-bond acceptors (Lipinski definition) is 8. The highest BCUT2D eigenvalue weighted by Gasteiger charge is 2.53. The van der Waals surface area contributed by atoms with Gasteiger partial charge in [-0.1, -0.05) is 30.3 Å². The van der Waals surface area contributed by atoms with Crippen molar-refractivity contribution >= 4 is 24.4 Å². The van der Waals surface area contributed by atoms with Crippen LogP contribution in [0.5, 0.6) is 0 Å². The van der Waals surface area contributed by atoms with Gasteiger partial charge in [0.1, 0.15) is 6.26 Å². The molecule has 0 bridgehead atoms. The third kappa shape index (κ3) is 5.65. The fourth-order valence-corrected chi connectivity index (χ4v) is 4.41. The molecular weight excluding hydrogens is 430 g/mol. The average molecular weight is 457 g/mol. The minimum atomic E-state index is -0.534. The van der Waals surface area contributed by atoms with Gasteiger partial charge in [-0.3, -0.25) is 14.5 Å². The minimum absolute atomic E-state index is 0.0132. The molecule has 4 rings (SSSR count). The molecule has 1 aromatic heterocycles. The molecule has 2 aliphatic rings. The van der Waals surface area contributed by atoms with E-state index in [-0.39, 0.29) is 36.0 Å². The van der Waals surface area contributed by atoms with Gasteiger partial charge in [0.15, 0.2) is 5.69 Å². The summed E-state index contributed by atoms with van der Waals surface area (Å²) in [5, 5.41) is 17.0. The van der Waals surface area contributed by atoms with Gasteiger partial charge in [0.25, 0.3) is 6.47 Å². The lowest BCUT2D eigenvalue weighted by Gasteiger charge is -2.26. The largest absolute Gasteiger partial charge is 0.483 e. The number of rotatable bonds is 6. The maximum atomic E-state index is 12.7. The van der Waals surface area contributed by atoms with Gasteiger partial charge in [-0.2, -0.15) is 0 Å². The highest BCUT2D eigenvalue weighted by atomic mass is 16.5. The van der Waals surface area contributed by atoms with E-state index in [0.29, 0.717) is 32.1 Å². The number of benzene rings is 1. The van der Waals surface area contributed by atoms with Crippen molar-refractivity contribution in [2.45, 2.75) is 6.54 Å². The van der Waals surface area contributed by atoms with Gasteiger partial charge >= 0.3 is 5.97 Å². The van der Waals surface area contributed by atoms with E-state index >= 15 is 0 Å². The molecule has 2 aromatic rings. The summed E-state index contributed by atoms with van der Waals surface area (Å²) in [5.41, 5.74) is 0.768. The van der Waals surface area contributed by atoms with Crippen LogP contribution in [0.3, 0.4) is 0 Å². The van der Waals surface area contributed by atoms with Crippen LogP contribution in [0.15, 0.2) is 47.1 Å². The molecule has 10 heteroatoms. The number of aliphatic hydroxyl groups excluding tert-OH is 1. The number of carbonyl (C=O) groups excluding carboxylic acids is 2. The summed E-state index contributed by atoms with van der Waals surface area (Å²) >= 11 is 0. The van der Waals surface area contributed by atoms with Crippen molar-refractivity contribution in [3.63, 3.8) is 0 Å². The number of likely N-dealkylation sites (tertiary alicyclic amines) is 2. The first-order chi connectivity index (χ1) is 15.9. The third-order valence-electron chi connectivity index (χ3n) is 5.98. The van der Waals surface area contributed by atoms with Crippen molar-refractivity contribution < 1.29 is 33.8 Å². The molecule has 2 fully saturated rings. The fraction of sp³-hybridized carbons (Fsp3) is 0.391. The number of carboxylic acid groups (broad SMARTS) is 1. The van der Waals surface area contributed by atoms with Crippen LogP contribution in [-0.4, -0.2) is 83.2 Å². The Kier molecular flexibility index (Phi) is 7.96. The Labute approximate surface area is 191 Å². The summed E-state index contributed by atoms with van der Waals surface area (Å²) in [4.78, 5) is 40.7. The molecule has 0 aliphatic carbocycles. The number of oxazole rings is 1. The van der Waals surface area contributed by atoms with Gasteiger partial charge in [-0.25, -0.2) is 9.78 Å². The maximum Gasteiger partial charge on any atom is 0.360 e. The Hall–Kier alpha value is -3.50. The van der Waals surface area contributed by atoms with Crippen LogP contribution in [0.1, 0.15) is 21.9 Å². The number of carbonyl (C=O) groups is 3. The Bertz CT molecular complexity index is 991. The van der Waals surface area contributed by atoms with Crippen LogP contribution in [0.2, 0.25) is 0 Å². The molecule has 3 heterocycles. The van der Waals surface area contributed by atoms with E-state index in [1.807, 2.05) is 41.3 Å². The van der Waals surface area contributed by atoms with E-state index < -0.39 is 5.97 Å². The second-order valence-corrected chi connectivity index (χ2v) is 8.07.